The largest absolute Gasteiger partial charge is 0.353 e. The lowest BCUT2D eigenvalue weighted by Gasteiger charge is -2.32. The van der Waals surface area contributed by atoms with Gasteiger partial charge in [-0.15, -0.1) is 27.1 Å². The third-order valence-electron chi connectivity index (χ3n) is 7.01. The molecule has 11 heteroatoms. The molecule has 6 rings (SSSR count). The van der Waals surface area contributed by atoms with E-state index in [0.717, 1.165) is 73.2 Å². The topological polar surface area (TPSA) is 81.5 Å². The van der Waals surface area contributed by atoms with Crippen LogP contribution in [-0.4, -0.2) is 95.9 Å². The van der Waals surface area contributed by atoms with Crippen LogP contribution in [0.4, 0.5) is 5.82 Å². The normalized spacial score (nSPS) is 18.9. The Bertz CT molecular complexity index is 1420. The van der Waals surface area contributed by atoms with Crippen molar-refractivity contribution in [3.63, 3.8) is 0 Å². The summed E-state index contributed by atoms with van der Waals surface area (Å²) in [5.41, 5.74) is 5.26. The Hall–Kier alpha value is -2.67. The van der Waals surface area contributed by atoms with Crippen molar-refractivity contribution in [3.8, 4) is 0 Å². The Labute approximate surface area is 207 Å². The molecule has 3 aromatic heterocycles. The van der Waals surface area contributed by atoms with E-state index < -0.39 is 0 Å². The molecule has 1 N–H and O–H groups in total. The van der Waals surface area contributed by atoms with Gasteiger partial charge in [0.2, 0.25) is 0 Å². The molecule has 35 heavy (non-hydrogen) atoms. The fourth-order valence-corrected chi connectivity index (χ4v) is 5.94. The molecule has 0 amide bonds. The van der Waals surface area contributed by atoms with Gasteiger partial charge in [-0.1, -0.05) is 12.1 Å². The van der Waals surface area contributed by atoms with Gasteiger partial charge in [0.1, 0.15) is 11.4 Å². The van der Waals surface area contributed by atoms with Gasteiger partial charge >= 0.3 is 0 Å². The van der Waals surface area contributed by atoms with E-state index in [1.54, 1.807) is 11.3 Å². The summed E-state index contributed by atoms with van der Waals surface area (Å²) < 4.78 is 3.16. The third kappa shape index (κ3) is 4.28. The van der Waals surface area contributed by atoms with Crippen molar-refractivity contribution in [3.05, 3.63) is 46.1 Å². The minimum absolute atomic E-state index is 0.0444. The smallest absolute Gasteiger partial charge is 0.198 e. The van der Waals surface area contributed by atoms with Gasteiger partial charge in [0.05, 0.1) is 21.2 Å². The molecule has 0 saturated carbocycles. The Kier molecular flexibility index (Phi) is 6.13. The number of fused-ring (bicyclic) bond motifs is 5. The summed E-state index contributed by atoms with van der Waals surface area (Å²) in [7, 11) is 4.24. The molecule has 4 aromatic rings. The van der Waals surface area contributed by atoms with Crippen LogP contribution in [0.25, 0.3) is 26.1 Å². The number of rotatable bonds is 5. The molecule has 1 aromatic carbocycles. The van der Waals surface area contributed by atoms with Gasteiger partial charge in [0.15, 0.2) is 16.9 Å². The van der Waals surface area contributed by atoms with Crippen LogP contribution in [0, 0.1) is 0 Å². The molecule has 2 saturated heterocycles. The summed E-state index contributed by atoms with van der Waals surface area (Å²) in [5, 5.41) is 11.8. The Morgan fingerprint density at radius 2 is 1.69 bits per heavy atom. The SMILES string of the molecule is CN1CCN(NOCc2c(=O)c3cc(N4CCN(C)CC4)nnc3n3c2sc2ccccc23)CC1. The van der Waals surface area contributed by atoms with Gasteiger partial charge in [0.25, 0.3) is 0 Å². The monoisotopic (exact) mass is 494 g/mol. The zero-order valence-corrected chi connectivity index (χ0v) is 20.9. The molecule has 2 fully saturated rings. The molecule has 0 bridgehead atoms. The molecule has 0 aliphatic carbocycles. The van der Waals surface area contributed by atoms with E-state index in [4.69, 9.17) is 4.84 Å². The highest BCUT2D eigenvalue weighted by Gasteiger charge is 2.22. The van der Waals surface area contributed by atoms with E-state index in [9.17, 15) is 4.79 Å². The van der Waals surface area contributed by atoms with Crippen molar-refractivity contribution in [2.45, 2.75) is 6.61 Å². The van der Waals surface area contributed by atoms with Crippen LogP contribution in [0.15, 0.2) is 35.1 Å². The molecule has 0 unspecified atom stereocenters. The second-order valence-electron chi connectivity index (χ2n) is 9.42. The van der Waals surface area contributed by atoms with Crippen LogP contribution in [0.5, 0.6) is 0 Å². The number of hydrogen-bond acceptors (Lipinski definition) is 10. The fraction of sp³-hybridized carbons (Fsp3) is 0.458. The van der Waals surface area contributed by atoms with E-state index in [-0.39, 0.29) is 12.0 Å². The molecule has 5 heterocycles. The molecule has 0 spiro atoms. The average Bonchev–Trinajstić information content (AvgIpc) is 3.27. The number of hydrogen-bond donors (Lipinski definition) is 1. The number of piperazine rings is 2. The predicted octanol–water partition coefficient (Wildman–Crippen LogP) is 1.39. The lowest BCUT2D eigenvalue weighted by molar-refractivity contribution is -0.105. The van der Waals surface area contributed by atoms with E-state index >= 15 is 0 Å². The highest BCUT2D eigenvalue weighted by molar-refractivity contribution is 7.24. The number of aromatic nitrogens is 3. The summed E-state index contributed by atoms with van der Waals surface area (Å²) in [6, 6.07) is 10.1. The van der Waals surface area contributed by atoms with Crippen LogP contribution in [0.1, 0.15) is 5.56 Å². The van der Waals surface area contributed by atoms with Crippen molar-refractivity contribution in [2.24, 2.45) is 0 Å². The number of nitrogens with zero attached hydrogens (tertiary/aromatic N) is 7. The molecule has 0 atom stereocenters. The van der Waals surface area contributed by atoms with Crippen LogP contribution in [-0.2, 0) is 11.4 Å². The molecule has 184 valence electrons. The van der Waals surface area contributed by atoms with Gasteiger partial charge in [-0.2, -0.15) is 0 Å². The Morgan fingerprint density at radius 1 is 0.971 bits per heavy atom. The van der Waals surface area contributed by atoms with Crippen LogP contribution >= 0.6 is 11.3 Å². The van der Waals surface area contributed by atoms with Crippen molar-refractivity contribution in [1.82, 2.24) is 35.0 Å². The summed E-state index contributed by atoms with van der Waals surface area (Å²) in [6.45, 7) is 7.52. The predicted molar refractivity (Wildman–Crippen MR) is 139 cm³/mol. The molecule has 0 radical (unpaired) electrons. The van der Waals surface area contributed by atoms with Crippen LogP contribution in [0.2, 0.25) is 0 Å². The minimum Gasteiger partial charge on any atom is -0.353 e. The van der Waals surface area contributed by atoms with Crippen LogP contribution in [0.3, 0.4) is 0 Å². The van der Waals surface area contributed by atoms with Crippen molar-refractivity contribution in [1.29, 1.82) is 0 Å². The number of anilines is 1. The first kappa shape index (κ1) is 22.8. The number of pyridine rings is 1. The summed E-state index contributed by atoms with van der Waals surface area (Å²) in [4.78, 5) is 27.3. The lowest BCUT2D eigenvalue weighted by atomic mass is 10.2. The van der Waals surface area contributed by atoms with Gasteiger partial charge in [-0.25, -0.2) is 5.01 Å². The van der Waals surface area contributed by atoms with E-state index in [1.807, 2.05) is 18.2 Å². The Morgan fingerprint density at radius 3 is 2.46 bits per heavy atom. The maximum atomic E-state index is 13.8. The summed E-state index contributed by atoms with van der Waals surface area (Å²) in [6.07, 6.45) is 0. The number of thiazole rings is 1. The fourth-order valence-electron chi connectivity index (χ4n) is 4.77. The summed E-state index contributed by atoms with van der Waals surface area (Å²) >= 11 is 1.59. The van der Waals surface area contributed by atoms with Gasteiger partial charge < -0.3 is 14.7 Å². The minimum atomic E-state index is -0.0444. The Balaban J connectivity index is 1.41. The van der Waals surface area contributed by atoms with Crippen molar-refractivity contribution < 1.29 is 4.84 Å². The number of nitrogens with one attached hydrogen (secondary N) is 1. The quantitative estimate of drug-likeness (QED) is 0.414. The number of likely N-dealkylation sites (N-methyl/N-ethyl adjacent to an activating group) is 2. The van der Waals surface area contributed by atoms with Crippen LogP contribution < -0.4 is 15.9 Å². The third-order valence-corrected chi connectivity index (χ3v) is 8.19. The van der Waals surface area contributed by atoms with Crippen molar-refractivity contribution >= 4 is 43.2 Å². The molecular weight excluding hydrogens is 464 g/mol. The second kappa shape index (κ2) is 9.41. The number of hydrazine groups is 1. The molecule has 2 aliphatic heterocycles. The lowest BCUT2D eigenvalue weighted by Crippen LogP contribution is -2.50. The number of para-hydroxylation sites is 1. The molecule has 2 aliphatic rings. The molecule has 10 nitrogen and oxygen atoms in total. The zero-order chi connectivity index (χ0) is 23.9. The van der Waals surface area contributed by atoms with Gasteiger partial charge in [-0.05, 0) is 32.3 Å². The first-order valence-electron chi connectivity index (χ1n) is 12.1. The highest BCUT2D eigenvalue weighted by Crippen LogP contribution is 2.31. The second-order valence-corrected chi connectivity index (χ2v) is 10.4. The first-order chi connectivity index (χ1) is 17.1. The summed E-state index contributed by atoms with van der Waals surface area (Å²) in [5.74, 6) is 0.754. The van der Waals surface area contributed by atoms with E-state index in [0.29, 0.717) is 16.6 Å². The number of benzene rings is 1. The average molecular weight is 495 g/mol. The highest BCUT2D eigenvalue weighted by atomic mass is 32.1. The maximum absolute atomic E-state index is 13.8. The maximum Gasteiger partial charge on any atom is 0.198 e. The van der Waals surface area contributed by atoms with Crippen molar-refractivity contribution in [2.75, 3.05) is 71.4 Å². The van der Waals surface area contributed by atoms with Gasteiger partial charge in [-0.3, -0.25) is 14.0 Å². The zero-order valence-electron chi connectivity index (χ0n) is 20.1. The standard InChI is InChI=1S/C24H30N8O2S/c1-28-7-11-30(12-8-28)21-15-17-22(33)18(16-34-27-31-13-9-29(2)10-14-31)24-32(23(17)26-25-21)19-5-3-4-6-20(19)35-24/h3-6,15,27H,7-14,16H2,1-2H3. The van der Waals surface area contributed by atoms with E-state index in [2.05, 4.69) is 66.1 Å². The first-order valence-corrected chi connectivity index (χ1v) is 12.9. The van der Waals surface area contributed by atoms with Gasteiger partial charge in [0, 0.05) is 52.4 Å². The van der Waals surface area contributed by atoms with E-state index in [1.165, 1.54) is 0 Å². The molecular formula is C24H30N8O2S.